The number of pyridine rings is 1. The quantitative estimate of drug-likeness (QED) is 0.830. The van der Waals surface area contributed by atoms with Crippen molar-refractivity contribution in [1.29, 1.82) is 0 Å². The van der Waals surface area contributed by atoms with Crippen LogP contribution < -0.4 is 10.9 Å². The Labute approximate surface area is 140 Å². The average Bonchev–Trinajstić information content (AvgIpc) is 2.78. The van der Waals surface area contributed by atoms with Gasteiger partial charge >= 0.3 is 0 Å². The van der Waals surface area contributed by atoms with Crippen LogP contribution in [0.25, 0.3) is 0 Å². The maximum atomic E-state index is 12.4. The molecule has 6 heteroatoms. The summed E-state index contributed by atoms with van der Waals surface area (Å²) in [6.45, 7) is 2.40. The first-order valence-corrected chi connectivity index (χ1v) is 8.39. The minimum atomic E-state index is -0.0590. The second kappa shape index (κ2) is 7.38. The fraction of sp³-hybridized carbons (Fsp3) is 0.444. The number of amides is 1. The molecule has 126 valence electrons. The van der Waals surface area contributed by atoms with Crippen molar-refractivity contribution in [3.8, 4) is 0 Å². The van der Waals surface area contributed by atoms with E-state index >= 15 is 0 Å². The number of aryl methyl sites for hydroxylation is 2. The number of carbonyl (C=O) groups is 1. The molecule has 2 N–H and O–H groups in total. The number of aromatic amines is 1. The van der Waals surface area contributed by atoms with E-state index in [4.69, 9.17) is 0 Å². The standard InChI is InChI=1S/C18H22N4O2/c1-12-21-16-5-3-14(2-4-15(16)18(24)22-12)17(23)20-11-8-13-6-9-19-10-7-13/h6-7,9-10,14H,2-5,8,11H2,1H3,(H,20,23)(H,21,22,24). The highest BCUT2D eigenvalue weighted by Crippen LogP contribution is 2.21. The number of fused-ring (bicyclic) bond motifs is 1. The Bertz CT molecular complexity index is 770. The van der Waals surface area contributed by atoms with E-state index in [1.807, 2.05) is 12.1 Å². The van der Waals surface area contributed by atoms with Gasteiger partial charge in [0.15, 0.2) is 0 Å². The molecule has 24 heavy (non-hydrogen) atoms. The smallest absolute Gasteiger partial charge is 0.254 e. The number of H-pyrrole nitrogens is 1. The lowest BCUT2D eigenvalue weighted by atomic mass is 9.98. The molecule has 2 aromatic rings. The van der Waals surface area contributed by atoms with Crippen molar-refractivity contribution in [2.45, 2.75) is 39.0 Å². The topological polar surface area (TPSA) is 87.7 Å². The Hall–Kier alpha value is -2.50. The third kappa shape index (κ3) is 3.88. The van der Waals surface area contributed by atoms with E-state index in [9.17, 15) is 9.59 Å². The van der Waals surface area contributed by atoms with Gasteiger partial charge in [0.2, 0.25) is 5.91 Å². The molecular weight excluding hydrogens is 304 g/mol. The molecule has 3 rings (SSSR count). The van der Waals surface area contributed by atoms with Gasteiger partial charge in [0, 0.05) is 30.4 Å². The molecule has 0 saturated heterocycles. The van der Waals surface area contributed by atoms with Crippen LogP contribution >= 0.6 is 0 Å². The van der Waals surface area contributed by atoms with Crippen LogP contribution in [0.4, 0.5) is 0 Å². The molecule has 0 fully saturated rings. The number of nitrogens with zero attached hydrogens (tertiary/aromatic N) is 2. The van der Waals surface area contributed by atoms with Gasteiger partial charge in [0.25, 0.3) is 5.56 Å². The maximum absolute atomic E-state index is 12.4. The van der Waals surface area contributed by atoms with Crippen LogP contribution in [0.5, 0.6) is 0 Å². The first-order valence-electron chi connectivity index (χ1n) is 8.39. The second-order valence-electron chi connectivity index (χ2n) is 6.25. The molecule has 0 spiro atoms. The summed E-state index contributed by atoms with van der Waals surface area (Å²) in [7, 11) is 0. The summed E-state index contributed by atoms with van der Waals surface area (Å²) >= 11 is 0. The van der Waals surface area contributed by atoms with Crippen LogP contribution in [-0.4, -0.2) is 27.4 Å². The van der Waals surface area contributed by atoms with Crippen molar-refractivity contribution in [1.82, 2.24) is 20.3 Å². The molecule has 0 saturated carbocycles. The van der Waals surface area contributed by atoms with Gasteiger partial charge < -0.3 is 10.3 Å². The van der Waals surface area contributed by atoms with Gasteiger partial charge in [-0.05, 0) is 56.7 Å². The first kappa shape index (κ1) is 16.4. The summed E-state index contributed by atoms with van der Waals surface area (Å²) in [5.41, 5.74) is 2.69. The SMILES string of the molecule is Cc1nc2c(c(=O)[nH]1)CCC(C(=O)NCCc1ccncc1)CC2. The highest BCUT2D eigenvalue weighted by atomic mass is 16.2. The summed E-state index contributed by atoms with van der Waals surface area (Å²) in [6, 6.07) is 3.91. The van der Waals surface area contributed by atoms with E-state index in [0.29, 0.717) is 31.6 Å². The molecule has 1 aliphatic carbocycles. The molecule has 0 bridgehead atoms. The highest BCUT2D eigenvalue weighted by Gasteiger charge is 2.24. The van der Waals surface area contributed by atoms with Crippen LogP contribution in [0.3, 0.4) is 0 Å². The Kier molecular flexibility index (Phi) is 5.03. The largest absolute Gasteiger partial charge is 0.356 e. The van der Waals surface area contributed by atoms with Crippen LogP contribution in [0.1, 0.15) is 35.5 Å². The number of aromatic nitrogens is 3. The summed E-state index contributed by atoms with van der Waals surface area (Å²) in [4.78, 5) is 35.6. The minimum Gasteiger partial charge on any atom is -0.356 e. The predicted molar refractivity (Wildman–Crippen MR) is 90.7 cm³/mol. The molecule has 1 atom stereocenters. The zero-order valence-corrected chi connectivity index (χ0v) is 13.8. The zero-order valence-electron chi connectivity index (χ0n) is 13.8. The minimum absolute atomic E-state index is 0.0589. The van der Waals surface area contributed by atoms with Gasteiger partial charge in [-0.3, -0.25) is 14.6 Å². The molecule has 0 radical (unpaired) electrons. The van der Waals surface area contributed by atoms with Gasteiger partial charge in [-0.2, -0.15) is 0 Å². The molecular formula is C18H22N4O2. The lowest BCUT2D eigenvalue weighted by Gasteiger charge is -2.14. The molecule has 1 amide bonds. The first-order chi connectivity index (χ1) is 11.6. The van der Waals surface area contributed by atoms with Crippen LogP contribution in [0.2, 0.25) is 0 Å². The normalized spacial score (nSPS) is 17.0. The predicted octanol–water partition coefficient (Wildman–Crippen LogP) is 1.33. The van der Waals surface area contributed by atoms with Crippen molar-refractivity contribution in [3.63, 3.8) is 0 Å². The summed E-state index contributed by atoms with van der Waals surface area (Å²) < 4.78 is 0. The molecule has 2 aromatic heterocycles. The van der Waals surface area contributed by atoms with Crippen LogP contribution in [0.15, 0.2) is 29.3 Å². The monoisotopic (exact) mass is 326 g/mol. The van der Waals surface area contributed by atoms with E-state index in [0.717, 1.165) is 29.7 Å². The Morgan fingerprint density at radius 2 is 2.04 bits per heavy atom. The number of hydrogen-bond acceptors (Lipinski definition) is 4. The van der Waals surface area contributed by atoms with E-state index in [-0.39, 0.29) is 17.4 Å². The van der Waals surface area contributed by atoms with Gasteiger partial charge in [0.05, 0.1) is 5.69 Å². The number of rotatable bonds is 4. The molecule has 6 nitrogen and oxygen atoms in total. The van der Waals surface area contributed by atoms with Crippen molar-refractivity contribution >= 4 is 5.91 Å². The van der Waals surface area contributed by atoms with Crippen LogP contribution in [0, 0.1) is 12.8 Å². The fourth-order valence-electron chi connectivity index (χ4n) is 3.19. The Morgan fingerprint density at radius 1 is 1.29 bits per heavy atom. The molecule has 1 aliphatic rings. The summed E-state index contributed by atoms with van der Waals surface area (Å²) in [5, 5.41) is 3.02. The van der Waals surface area contributed by atoms with Gasteiger partial charge in [-0.25, -0.2) is 4.98 Å². The van der Waals surface area contributed by atoms with Crippen molar-refractivity contribution in [3.05, 3.63) is 57.5 Å². The average molecular weight is 326 g/mol. The second-order valence-corrected chi connectivity index (χ2v) is 6.25. The van der Waals surface area contributed by atoms with Crippen molar-refractivity contribution < 1.29 is 4.79 Å². The number of carbonyl (C=O) groups excluding carboxylic acids is 1. The molecule has 1 unspecified atom stereocenters. The third-order valence-corrected chi connectivity index (χ3v) is 4.52. The lowest BCUT2D eigenvalue weighted by Crippen LogP contribution is -2.32. The zero-order chi connectivity index (χ0) is 16.9. The number of hydrogen-bond donors (Lipinski definition) is 2. The lowest BCUT2D eigenvalue weighted by molar-refractivity contribution is -0.125. The Balaban J connectivity index is 1.56. The maximum Gasteiger partial charge on any atom is 0.254 e. The number of nitrogens with one attached hydrogen (secondary N) is 2. The Morgan fingerprint density at radius 3 is 2.83 bits per heavy atom. The highest BCUT2D eigenvalue weighted by molar-refractivity contribution is 5.78. The van der Waals surface area contributed by atoms with Gasteiger partial charge in [-0.1, -0.05) is 0 Å². The molecule has 0 aromatic carbocycles. The molecule has 2 heterocycles. The van der Waals surface area contributed by atoms with E-state index in [1.54, 1.807) is 19.3 Å². The van der Waals surface area contributed by atoms with E-state index in [2.05, 4.69) is 20.3 Å². The van der Waals surface area contributed by atoms with E-state index < -0.39 is 0 Å². The fourth-order valence-corrected chi connectivity index (χ4v) is 3.19. The van der Waals surface area contributed by atoms with Crippen molar-refractivity contribution in [2.75, 3.05) is 6.54 Å². The molecule has 0 aliphatic heterocycles. The van der Waals surface area contributed by atoms with Crippen molar-refractivity contribution in [2.24, 2.45) is 5.92 Å². The summed E-state index contributed by atoms with van der Waals surface area (Å²) in [6.07, 6.45) is 7.04. The van der Waals surface area contributed by atoms with Gasteiger partial charge in [0.1, 0.15) is 5.82 Å². The van der Waals surface area contributed by atoms with Gasteiger partial charge in [-0.15, -0.1) is 0 Å². The third-order valence-electron chi connectivity index (χ3n) is 4.52. The van der Waals surface area contributed by atoms with E-state index in [1.165, 1.54) is 0 Å². The summed E-state index contributed by atoms with van der Waals surface area (Å²) in [5.74, 6) is 0.653. The van der Waals surface area contributed by atoms with Crippen LogP contribution in [-0.2, 0) is 24.1 Å².